The fourth-order valence-corrected chi connectivity index (χ4v) is 0. The van der Waals surface area contributed by atoms with Gasteiger partial charge in [0.2, 0.25) is 6.16 Å². The van der Waals surface area contributed by atoms with Crippen LogP contribution in [0.25, 0.3) is 0 Å². The molecular weight excluding hydrogens is 216 g/mol. The molecule has 0 aliphatic heterocycles. The molecule has 0 aromatic heterocycles. The van der Waals surface area contributed by atoms with Gasteiger partial charge in [0.25, 0.3) is 0 Å². The van der Waals surface area contributed by atoms with Gasteiger partial charge in [-0.05, 0) is 0 Å². The summed E-state index contributed by atoms with van der Waals surface area (Å²) in [6, 6.07) is 0. The molecule has 0 rings (SSSR count). The SMILES string of the molecule is O=C([O-])O.[Ba+2].[F-]. The van der Waals surface area contributed by atoms with Gasteiger partial charge in [-0.25, -0.2) is 0 Å². The van der Waals surface area contributed by atoms with E-state index in [0.29, 0.717) is 0 Å². The maximum absolute atomic E-state index is 8.44. The summed E-state index contributed by atoms with van der Waals surface area (Å²) in [7, 11) is 0. The van der Waals surface area contributed by atoms with Crippen molar-refractivity contribution in [3.8, 4) is 0 Å². The van der Waals surface area contributed by atoms with Crippen molar-refractivity contribution in [1.82, 2.24) is 0 Å². The molecule has 0 radical (unpaired) electrons. The van der Waals surface area contributed by atoms with Gasteiger partial charge in [0, 0.05) is 0 Å². The molecule has 0 spiro atoms. The number of hydrogen-bond acceptors (Lipinski definition) is 2. The van der Waals surface area contributed by atoms with Crippen LogP contribution in [0.2, 0.25) is 0 Å². The van der Waals surface area contributed by atoms with E-state index in [9.17, 15) is 0 Å². The zero-order chi connectivity index (χ0) is 3.58. The number of hydrogen-bond donors (Lipinski definition) is 1. The Balaban J connectivity index is -0.0000000450. The van der Waals surface area contributed by atoms with E-state index >= 15 is 0 Å². The van der Waals surface area contributed by atoms with Crippen LogP contribution in [0.1, 0.15) is 0 Å². The van der Waals surface area contributed by atoms with Crippen molar-refractivity contribution in [2.45, 2.75) is 0 Å². The third kappa shape index (κ3) is 114. The average Bonchev–Trinajstić information content (AvgIpc) is 0.811. The second-order valence-corrected chi connectivity index (χ2v) is 0.266. The normalized spacial score (nSPS) is 4.00. The summed E-state index contributed by atoms with van der Waals surface area (Å²) in [4.78, 5) is 8.44. The molecule has 0 saturated heterocycles. The van der Waals surface area contributed by atoms with Crippen LogP contribution in [0, 0.1) is 0 Å². The van der Waals surface area contributed by atoms with Gasteiger partial charge in [-0.1, -0.05) is 0 Å². The Labute approximate surface area is 73.8 Å². The second-order valence-electron chi connectivity index (χ2n) is 0.266. The quantitative estimate of drug-likeness (QED) is 0.416. The van der Waals surface area contributed by atoms with Crippen LogP contribution >= 0.6 is 0 Å². The molecule has 0 aliphatic carbocycles. The van der Waals surface area contributed by atoms with Gasteiger partial charge in [-0.2, -0.15) is 0 Å². The number of carbonyl (C=O) groups is 1. The summed E-state index contributed by atoms with van der Waals surface area (Å²) < 4.78 is 0. The fraction of sp³-hybridized carbons (Fsp3) is 0. The van der Waals surface area contributed by atoms with Crippen LogP contribution in [0.15, 0.2) is 0 Å². The Kier molecular flexibility index (Phi) is 24.4. The molecule has 6 heavy (non-hydrogen) atoms. The molecule has 0 amide bonds. The maximum atomic E-state index is 8.44. The van der Waals surface area contributed by atoms with E-state index < -0.39 is 6.16 Å². The molecule has 0 unspecified atom stereocenters. The van der Waals surface area contributed by atoms with Crippen molar-refractivity contribution in [3.63, 3.8) is 0 Å². The molecule has 0 fully saturated rings. The van der Waals surface area contributed by atoms with Crippen LogP contribution in [0.3, 0.4) is 0 Å². The van der Waals surface area contributed by atoms with Crippen molar-refractivity contribution < 1.29 is 19.7 Å². The predicted octanol–water partition coefficient (Wildman–Crippen LogP) is -4.49. The van der Waals surface area contributed by atoms with E-state index in [-0.39, 0.29) is 53.6 Å². The minimum atomic E-state index is -2.08. The van der Waals surface area contributed by atoms with Crippen molar-refractivity contribution in [2.24, 2.45) is 0 Å². The van der Waals surface area contributed by atoms with Gasteiger partial charge in [-0.15, -0.1) is 0 Å². The van der Waals surface area contributed by atoms with Gasteiger partial charge in [-0.3, -0.25) is 0 Å². The van der Waals surface area contributed by atoms with Gasteiger partial charge < -0.3 is 19.7 Å². The number of halogens is 1. The molecule has 0 saturated carbocycles. The molecule has 0 bridgehead atoms. The molecular formula is CHBaFO3. The summed E-state index contributed by atoms with van der Waals surface area (Å²) in [6.07, 6.45) is -2.08. The molecule has 1 N–H and O–H groups in total. The molecule has 0 atom stereocenters. The minimum Gasteiger partial charge on any atom is -1.00 e. The van der Waals surface area contributed by atoms with E-state index in [1.54, 1.807) is 0 Å². The topological polar surface area (TPSA) is 60.4 Å². The van der Waals surface area contributed by atoms with Crippen LogP contribution in [0.4, 0.5) is 4.79 Å². The first kappa shape index (κ1) is 15.9. The molecule has 0 aromatic rings. The van der Waals surface area contributed by atoms with Gasteiger partial charge in [0.05, 0.1) is 0 Å². The first-order valence-electron chi connectivity index (χ1n) is 0.632. The third-order valence-electron chi connectivity index (χ3n) is 0. The van der Waals surface area contributed by atoms with E-state index in [0.717, 1.165) is 0 Å². The van der Waals surface area contributed by atoms with E-state index in [1.807, 2.05) is 0 Å². The van der Waals surface area contributed by atoms with Crippen LogP contribution < -0.4 is 9.81 Å². The Bertz CT molecular complexity index is 33.8. The van der Waals surface area contributed by atoms with Crippen LogP contribution in [0.5, 0.6) is 0 Å². The second kappa shape index (κ2) is 9.24. The molecule has 0 aliphatic rings. The van der Waals surface area contributed by atoms with E-state index in [2.05, 4.69) is 0 Å². The maximum Gasteiger partial charge on any atom is 2.00 e. The average molecular weight is 217 g/mol. The largest absolute Gasteiger partial charge is 2.00 e. The summed E-state index contributed by atoms with van der Waals surface area (Å²) >= 11 is 0. The first-order chi connectivity index (χ1) is 1.73. The van der Waals surface area contributed by atoms with Gasteiger partial charge >= 0.3 is 48.9 Å². The predicted molar refractivity (Wildman–Crippen MR) is 13.8 cm³/mol. The fourth-order valence-electron chi connectivity index (χ4n) is 0. The van der Waals surface area contributed by atoms with Crippen molar-refractivity contribution in [1.29, 1.82) is 0 Å². The third-order valence-corrected chi connectivity index (χ3v) is 0. The zero-order valence-corrected chi connectivity index (χ0v) is 7.29. The smallest absolute Gasteiger partial charge is 1.00 e. The Morgan fingerprint density at radius 2 is 1.67 bits per heavy atom. The standard InChI is InChI=1S/CH2O3.Ba.FH/c2-1(3)4;;/h(H2,2,3,4);;1H/q;+2;/p-2. The minimum absolute atomic E-state index is 0. The molecule has 32 valence electrons. The van der Waals surface area contributed by atoms with Crippen molar-refractivity contribution in [2.75, 3.05) is 0 Å². The van der Waals surface area contributed by atoms with E-state index in [1.165, 1.54) is 0 Å². The summed E-state index contributed by atoms with van der Waals surface area (Å²) in [5.74, 6) is 0. The zero-order valence-electron chi connectivity index (χ0n) is 2.85. The Hall–Kier alpha value is 0.771. The molecule has 0 heterocycles. The Morgan fingerprint density at radius 3 is 1.67 bits per heavy atom. The van der Waals surface area contributed by atoms with Crippen LogP contribution in [-0.4, -0.2) is 60.1 Å². The summed E-state index contributed by atoms with van der Waals surface area (Å²) in [5.41, 5.74) is 0. The molecule has 0 aromatic carbocycles. The summed E-state index contributed by atoms with van der Waals surface area (Å²) in [5, 5.41) is 15.3. The van der Waals surface area contributed by atoms with Crippen LogP contribution in [-0.2, 0) is 0 Å². The first-order valence-corrected chi connectivity index (χ1v) is 0.632. The number of carboxylic acid groups (broad SMARTS) is 2. The van der Waals surface area contributed by atoms with Crippen molar-refractivity contribution >= 4 is 55.0 Å². The monoisotopic (exact) mass is 218 g/mol. The Morgan fingerprint density at radius 1 is 1.67 bits per heavy atom. The van der Waals surface area contributed by atoms with E-state index in [4.69, 9.17) is 15.0 Å². The molecule has 5 heteroatoms. The van der Waals surface area contributed by atoms with Gasteiger partial charge in [0.1, 0.15) is 0 Å². The number of rotatable bonds is 0. The van der Waals surface area contributed by atoms with Gasteiger partial charge in [0.15, 0.2) is 0 Å². The molecule has 3 nitrogen and oxygen atoms in total. The summed E-state index contributed by atoms with van der Waals surface area (Å²) in [6.45, 7) is 0. The van der Waals surface area contributed by atoms with Crippen molar-refractivity contribution in [3.05, 3.63) is 0 Å².